The number of hydrogen-bond donors (Lipinski definition) is 2. The summed E-state index contributed by atoms with van der Waals surface area (Å²) in [6.07, 6.45) is 0.893. The summed E-state index contributed by atoms with van der Waals surface area (Å²) in [5, 5.41) is 30.2. The number of ether oxygens (including phenoxy) is 1. The van der Waals surface area contributed by atoms with E-state index in [1.807, 2.05) is 0 Å². The monoisotopic (exact) mass is 352 g/mol. The Hall–Kier alpha value is -3.05. The zero-order chi connectivity index (χ0) is 18.4. The maximum absolute atomic E-state index is 11.5. The van der Waals surface area contributed by atoms with Crippen LogP contribution in [-0.2, 0) is 29.0 Å². The molecule has 0 spiro atoms. The average Bonchev–Trinajstić information content (AvgIpc) is 3.07. The second-order valence-electron chi connectivity index (χ2n) is 6.22. The Balaban J connectivity index is 1.83. The molecule has 2 heterocycles. The summed E-state index contributed by atoms with van der Waals surface area (Å²) >= 11 is 0. The number of carboxylic acids is 1. The van der Waals surface area contributed by atoms with Gasteiger partial charge in [-0.15, -0.1) is 10.2 Å². The Bertz CT molecular complexity index is 732. The third-order valence-corrected chi connectivity index (χ3v) is 2.82. The highest BCUT2D eigenvalue weighted by molar-refractivity contribution is 5.69. The lowest BCUT2D eigenvalue weighted by Crippen LogP contribution is -2.34. The van der Waals surface area contributed by atoms with Gasteiger partial charge >= 0.3 is 12.1 Å². The minimum Gasteiger partial charge on any atom is -0.481 e. The fraction of sp³-hybridized carbons (Fsp3) is 0.615. The van der Waals surface area contributed by atoms with Gasteiger partial charge in [-0.25, -0.2) is 9.48 Å². The van der Waals surface area contributed by atoms with Crippen LogP contribution in [0.25, 0.3) is 0 Å². The molecule has 0 aromatic carbocycles. The number of aliphatic carboxylic acids is 1. The Labute approximate surface area is 143 Å². The van der Waals surface area contributed by atoms with E-state index in [1.165, 1.54) is 4.68 Å². The fourth-order valence-electron chi connectivity index (χ4n) is 1.87. The molecule has 0 radical (unpaired) electrons. The van der Waals surface area contributed by atoms with E-state index in [-0.39, 0.29) is 18.8 Å². The summed E-state index contributed by atoms with van der Waals surface area (Å²) < 4.78 is 8.03. The zero-order valence-electron chi connectivity index (χ0n) is 14.2. The van der Waals surface area contributed by atoms with Crippen molar-refractivity contribution in [2.75, 3.05) is 6.54 Å². The molecule has 0 atom stereocenters. The highest BCUT2D eigenvalue weighted by Crippen LogP contribution is 2.06. The largest absolute Gasteiger partial charge is 0.481 e. The molecule has 0 aliphatic rings. The minimum absolute atomic E-state index is 0.203. The summed E-state index contributed by atoms with van der Waals surface area (Å²) in [6.45, 7) is 6.29. The number of amides is 1. The molecule has 0 saturated carbocycles. The number of hydrogen-bond acceptors (Lipinski definition) is 8. The summed E-state index contributed by atoms with van der Waals surface area (Å²) in [4.78, 5) is 22.3. The Kier molecular flexibility index (Phi) is 5.62. The summed E-state index contributed by atoms with van der Waals surface area (Å²) in [5.74, 6) is -0.790. The molecule has 2 aromatic heterocycles. The number of rotatable bonds is 7. The van der Waals surface area contributed by atoms with Gasteiger partial charge in [-0.2, -0.15) is 0 Å². The van der Waals surface area contributed by atoms with Crippen molar-refractivity contribution >= 4 is 12.1 Å². The van der Waals surface area contributed by atoms with Crippen LogP contribution in [0.5, 0.6) is 0 Å². The molecule has 2 rings (SSSR count). The molecule has 0 aliphatic heterocycles. The normalized spacial score (nSPS) is 11.3. The van der Waals surface area contributed by atoms with Crippen molar-refractivity contribution in [3.63, 3.8) is 0 Å². The number of carbonyl (C=O) groups excluding carboxylic acids is 1. The molecule has 136 valence electrons. The number of nitrogens with zero attached hydrogens (tertiary/aromatic N) is 7. The molecular weight excluding hydrogens is 332 g/mol. The standard InChI is InChI=1S/C13H20N8O4/c1-13(2,3)25-12(24)14-4-5-20-7-9(15-18-20)8-21-10(6-11(22)23)16-17-19-21/h7H,4-6,8H2,1-3H3,(H,14,24)(H,22,23). The van der Waals surface area contributed by atoms with Gasteiger partial charge in [-0.05, 0) is 31.2 Å². The second kappa shape index (κ2) is 7.68. The number of tetrazole rings is 1. The van der Waals surface area contributed by atoms with Crippen molar-refractivity contribution in [2.45, 2.75) is 45.9 Å². The predicted molar refractivity (Wildman–Crippen MR) is 82.5 cm³/mol. The van der Waals surface area contributed by atoms with Crippen LogP contribution in [0.1, 0.15) is 32.3 Å². The van der Waals surface area contributed by atoms with Gasteiger partial charge in [0.05, 0.1) is 19.3 Å². The van der Waals surface area contributed by atoms with E-state index in [9.17, 15) is 9.59 Å². The van der Waals surface area contributed by atoms with Gasteiger partial charge in [0, 0.05) is 6.54 Å². The van der Waals surface area contributed by atoms with Crippen LogP contribution < -0.4 is 5.32 Å². The lowest BCUT2D eigenvalue weighted by molar-refractivity contribution is -0.136. The first-order valence-corrected chi connectivity index (χ1v) is 7.55. The maximum Gasteiger partial charge on any atom is 0.407 e. The molecule has 12 nitrogen and oxygen atoms in total. The first-order valence-electron chi connectivity index (χ1n) is 7.55. The molecule has 1 amide bonds. The molecule has 0 aliphatic carbocycles. The van der Waals surface area contributed by atoms with Gasteiger partial charge in [0.1, 0.15) is 17.7 Å². The van der Waals surface area contributed by atoms with Crippen molar-refractivity contribution in [3.05, 3.63) is 17.7 Å². The van der Waals surface area contributed by atoms with Gasteiger partial charge in [0.15, 0.2) is 5.82 Å². The van der Waals surface area contributed by atoms with Gasteiger partial charge in [0.2, 0.25) is 0 Å². The van der Waals surface area contributed by atoms with Crippen LogP contribution in [0, 0.1) is 0 Å². The van der Waals surface area contributed by atoms with Crippen molar-refractivity contribution in [1.82, 2.24) is 40.5 Å². The van der Waals surface area contributed by atoms with Gasteiger partial charge in [0.25, 0.3) is 0 Å². The number of nitrogens with one attached hydrogen (secondary N) is 1. The van der Waals surface area contributed by atoms with E-state index in [4.69, 9.17) is 9.84 Å². The van der Waals surface area contributed by atoms with Crippen LogP contribution in [0.15, 0.2) is 6.20 Å². The Morgan fingerprint density at radius 2 is 2.04 bits per heavy atom. The minimum atomic E-state index is -1.02. The van der Waals surface area contributed by atoms with Crippen molar-refractivity contribution in [3.8, 4) is 0 Å². The summed E-state index contributed by atoms with van der Waals surface area (Å²) in [7, 11) is 0. The first kappa shape index (κ1) is 18.3. The first-order chi connectivity index (χ1) is 11.7. The SMILES string of the molecule is CC(C)(C)OC(=O)NCCn1cc(Cn2nnnc2CC(=O)O)nn1. The average molecular weight is 352 g/mol. The maximum atomic E-state index is 11.5. The van der Waals surface area contributed by atoms with Crippen LogP contribution >= 0.6 is 0 Å². The van der Waals surface area contributed by atoms with E-state index < -0.39 is 17.7 Å². The number of aromatic nitrogens is 7. The van der Waals surface area contributed by atoms with Gasteiger partial charge in [-0.1, -0.05) is 5.21 Å². The topological polar surface area (TPSA) is 150 Å². The number of carbonyl (C=O) groups is 2. The smallest absolute Gasteiger partial charge is 0.407 e. The van der Waals surface area contributed by atoms with E-state index >= 15 is 0 Å². The molecule has 0 unspecified atom stereocenters. The second-order valence-corrected chi connectivity index (χ2v) is 6.22. The third kappa shape index (κ3) is 6.16. The van der Waals surface area contributed by atoms with E-state index in [1.54, 1.807) is 31.6 Å². The molecule has 0 fully saturated rings. The van der Waals surface area contributed by atoms with Gasteiger partial charge in [-0.3, -0.25) is 9.48 Å². The van der Waals surface area contributed by atoms with Gasteiger partial charge < -0.3 is 15.2 Å². The van der Waals surface area contributed by atoms with Crippen molar-refractivity contribution in [1.29, 1.82) is 0 Å². The van der Waals surface area contributed by atoms with Crippen LogP contribution in [0.2, 0.25) is 0 Å². The van der Waals surface area contributed by atoms with Crippen molar-refractivity contribution < 1.29 is 19.4 Å². The van der Waals surface area contributed by atoms with Crippen LogP contribution in [0.4, 0.5) is 4.79 Å². The molecule has 2 N–H and O–H groups in total. The molecular formula is C13H20N8O4. The molecule has 25 heavy (non-hydrogen) atoms. The van der Waals surface area contributed by atoms with Crippen LogP contribution in [-0.4, -0.2) is 64.5 Å². The third-order valence-electron chi connectivity index (χ3n) is 2.82. The van der Waals surface area contributed by atoms with Crippen LogP contribution in [0.3, 0.4) is 0 Å². The predicted octanol–water partition coefficient (Wildman–Crippen LogP) is -0.535. The molecule has 0 bridgehead atoms. The van der Waals surface area contributed by atoms with Crippen molar-refractivity contribution in [2.24, 2.45) is 0 Å². The van der Waals surface area contributed by atoms with E-state index in [0.29, 0.717) is 18.8 Å². The quantitative estimate of drug-likeness (QED) is 0.670. The lowest BCUT2D eigenvalue weighted by Gasteiger charge is -2.19. The molecule has 12 heteroatoms. The summed E-state index contributed by atoms with van der Waals surface area (Å²) in [5.41, 5.74) is 0.0143. The Morgan fingerprint density at radius 3 is 2.72 bits per heavy atom. The van der Waals surface area contributed by atoms with E-state index in [2.05, 4.69) is 31.2 Å². The highest BCUT2D eigenvalue weighted by atomic mass is 16.6. The number of carboxylic acid groups (broad SMARTS) is 1. The highest BCUT2D eigenvalue weighted by Gasteiger charge is 2.16. The summed E-state index contributed by atoms with van der Waals surface area (Å²) in [6, 6.07) is 0. The molecule has 2 aromatic rings. The number of alkyl carbamates (subject to hydrolysis) is 1. The Morgan fingerprint density at radius 1 is 1.28 bits per heavy atom. The molecule has 0 saturated heterocycles. The fourth-order valence-corrected chi connectivity index (χ4v) is 1.87. The zero-order valence-corrected chi connectivity index (χ0v) is 14.2. The lowest BCUT2D eigenvalue weighted by atomic mass is 10.2. The van der Waals surface area contributed by atoms with E-state index in [0.717, 1.165) is 0 Å².